The van der Waals surface area contributed by atoms with Crippen molar-refractivity contribution in [1.29, 1.82) is 0 Å². The summed E-state index contributed by atoms with van der Waals surface area (Å²) in [5.74, 6) is -0.812. The number of nitrogens with zero attached hydrogens (tertiary/aromatic N) is 2. The molecule has 1 saturated heterocycles. The largest absolute Gasteiger partial charge is 0.324 e. The molecule has 2 heterocycles. The molecule has 4 amide bonds. The Hall–Kier alpha value is -4.00. The van der Waals surface area contributed by atoms with E-state index >= 15 is 0 Å². The van der Waals surface area contributed by atoms with Crippen molar-refractivity contribution in [2.75, 3.05) is 12.4 Å². The van der Waals surface area contributed by atoms with E-state index in [0.717, 1.165) is 41.4 Å². The number of amides is 4. The van der Waals surface area contributed by atoms with Gasteiger partial charge in [-0.25, -0.2) is 0 Å². The highest BCUT2D eigenvalue weighted by molar-refractivity contribution is 6.21. The Morgan fingerprint density at radius 1 is 0.861 bits per heavy atom. The average molecular weight is 482 g/mol. The van der Waals surface area contributed by atoms with E-state index in [9.17, 15) is 19.2 Å². The van der Waals surface area contributed by atoms with Crippen molar-refractivity contribution in [2.24, 2.45) is 5.92 Å². The first-order chi connectivity index (χ1) is 17.4. The predicted octanol–water partition coefficient (Wildman–Crippen LogP) is 4.48. The number of fused-ring (bicyclic) bond motifs is 3. The summed E-state index contributed by atoms with van der Waals surface area (Å²) in [4.78, 5) is 54.9. The second kappa shape index (κ2) is 8.59. The van der Waals surface area contributed by atoms with Gasteiger partial charge in [-0.1, -0.05) is 43.2 Å². The summed E-state index contributed by atoms with van der Waals surface area (Å²) in [5.41, 5.74) is 1.65. The highest BCUT2D eigenvalue weighted by Gasteiger charge is 2.47. The van der Waals surface area contributed by atoms with Crippen molar-refractivity contribution in [3.63, 3.8) is 0 Å². The quantitative estimate of drug-likeness (QED) is 0.559. The minimum absolute atomic E-state index is 0.0429. The first kappa shape index (κ1) is 22.5. The highest BCUT2D eigenvalue weighted by Crippen LogP contribution is 2.41. The number of imide groups is 1. The molecule has 2 fully saturated rings. The lowest BCUT2D eigenvalue weighted by molar-refractivity contribution is -0.120. The molecule has 182 valence electrons. The number of carbonyl (C=O) groups excluding carboxylic acids is 4. The molecule has 0 unspecified atom stereocenters. The summed E-state index contributed by atoms with van der Waals surface area (Å²) in [6, 6.07) is 17.8. The lowest BCUT2D eigenvalue weighted by atomic mass is 9.84. The lowest BCUT2D eigenvalue weighted by Crippen LogP contribution is -2.47. The van der Waals surface area contributed by atoms with Crippen LogP contribution in [0.2, 0.25) is 0 Å². The Morgan fingerprint density at radius 3 is 2.44 bits per heavy atom. The fourth-order valence-corrected chi connectivity index (χ4v) is 6.12. The van der Waals surface area contributed by atoms with Gasteiger partial charge < -0.3 is 10.2 Å². The van der Waals surface area contributed by atoms with Crippen LogP contribution < -0.4 is 5.32 Å². The van der Waals surface area contributed by atoms with E-state index in [-0.39, 0.29) is 35.2 Å². The van der Waals surface area contributed by atoms with Gasteiger partial charge in [0.2, 0.25) is 5.91 Å². The number of nitrogens with one attached hydrogen (secondary N) is 1. The van der Waals surface area contributed by atoms with Crippen LogP contribution in [0.3, 0.4) is 0 Å². The highest BCUT2D eigenvalue weighted by atomic mass is 16.2. The number of anilines is 1. The minimum Gasteiger partial charge on any atom is -0.324 e. The maximum Gasteiger partial charge on any atom is 0.261 e. The van der Waals surface area contributed by atoms with Crippen LogP contribution in [-0.4, -0.2) is 52.6 Å². The molecule has 3 aliphatic rings. The molecule has 0 spiro atoms. The summed E-state index contributed by atoms with van der Waals surface area (Å²) in [6.45, 7) is 0. The standard InChI is InChI=1S/C29H27N3O4/c1-31-28(35)22-13-12-21(16-23(22)29(31)36)30-26(33)25-15-19-8-4-5-9-24(19)32(25)27(34)20-11-10-17-6-2-3-7-18(17)14-20/h2-3,6-7,10-14,16,19,24-25H,4-5,8-9,15H2,1H3,(H,30,33)/t19-,24-,25-/m0/s1. The van der Waals surface area contributed by atoms with E-state index in [1.54, 1.807) is 23.1 Å². The SMILES string of the molecule is CN1C(=O)c2ccc(NC(=O)[C@@H]3C[C@@H]4CCCC[C@@H]4N3C(=O)c3ccc4ccccc4c3)cc2C1=O. The summed E-state index contributed by atoms with van der Waals surface area (Å²) in [5, 5.41) is 4.98. The number of hydrogen-bond acceptors (Lipinski definition) is 4. The van der Waals surface area contributed by atoms with Crippen LogP contribution in [0.25, 0.3) is 10.8 Å². The van der Waals surface area contributed by atoms with E-state index in [4.69, 9.17) is 0 Å². The number of hydrogen-bond donors (Lipinski definition) is 1. The Balaban J connectivity index is 1.30. The molecule has 6 rings (SSSR count). The van der Waals surface area contributed by atoms with Gasteiger partial charge in [0, 0.05) is 24.3 Å². The van der Waals surface area contributed by atoms with E-state index in [0.29, 0.717) is 29.2 Å². The Morgan fingerprint density at radius 2 is 1.61 bits per heavy atom. The smallest absolute Gasteiger partial charge is 0.261 e. The van der Waals surface area contributed by atoms with Gasteiger partial charge in [0.05, 0.1) is 11.1 Å². The van der Waals surface area contributed by atoms with Gasteiger partial charge in [0.15, 0.2) is 0 Å². The molecule has 0 bridgehead atoms. The molecule has 2 aliphatic heterocycles. The van der Waals surface area contributed by atoms with Gasteiger partial charge in [-0.3, -0.25) is 24.1 Å². The molecule has 36 heavy (non-hydrogen) atoms. The molecule has 0 aromatic heterocycles. The molecule has 3 aromatic carbocycles. The van der Waals surface area contributed by atoms with Crippen molar-refractivity contribution in [1.82, 2.24) is 9.80 Å². The summed E-state index contributed by atoms with van der Waals surface area (Å²) in [7, 11) is 1.44. The van der Waals surface area contributed by atoms with Crippen LogP contribution in [0.5, 0.6) is 0 Å². The van der Waals surface area contributed by atoms with Gasteiger partial charge in [-0.05, 0) is 66.3 Å². The molecule has 3 atom stereocenters. The van der Waals surface area contributed by atoms with Gasteiger partial charge in [0.25, 0.3) is 17.7 Å². The van der Waals surface area contributed by atoms with Gasteiger partial charge in [0.1, 0.15) is 6.04 Å². The van der Waals surface area contributed by atoms with Crippen molar-refractivity contribution in [2.45, 2.75) is 44.2 Å². The molecular weight excluding hydrogens is 454 g/mol. The maximum absolute atomic E-state index is 13.8. The number of likely N-dealkylation sites (tertiary alicyclic amines) is 1. The Bertz CT molecular complexity index is 1430. The first-order valence-corrected chi connectivity index (χ1v) is 12.5. The average Bonchev–Trinajstić information content (AvgIpc) is 3.39. The van der Waals surface area contributed by atoms with Gasteiger partial charge >= 0.3 is 0 Å². The third-order valence-electron chi connectivity index (χ3n) is 7.98. The topological polar surface area (TPSA) is 86.8 Å². The lowest BCUT2D eigenvalue weighted by Gasteiger charge is -2.33. The molecule has 0 radical (unpaired) electrons. The molecule has 1 saturated carbocycles. The molecule has 7 nitrogen and oxygen atoms in total. The van der Waals surface area contributed by atoms with Crippen molar-refractivity contribution >= 4 is 40.1 Å². The molecule has 1 N–H and O–H groups in total. The predicted molar refractivity (Wildman–Crippen MR) is 136 cm³/mol. The maximum atomic E-state index is 13.8. The fourth-order valence-electron chi connectivity index (χ4n) is 6.12. The second-order valence-electron chi connectivity index (χ2n) is 10.1. The van der Waals surface area contributed by atoms with Gasteiger partial charge in [-0.15, -0.1) is 0 Å². The summed E-state index contributed by atoms with van der Waals surface area (Å²) in [6.07, 6.45) is 4.70. The van der Waals surface area contributed by atoms with Gasteiger partial charge in [-0.2, -0.15) is 0 Å². The Kier molecular flexibility index (Phi) is 5.36. The summed E-state index contributed by atoms with van der Waals surface area (Å²) < 4.78 is 0. The van der Waals surface area contributed by atoms with Crippen molar-refractivity contribution < 1.29 is 19.2 Å². The normalized spacial score (nSPS) is 23.1. The fraction of sp³-hybridized carbons (Fsp3) is 0.310. The van der Waals surface area contributed by atoms with E-state index in [1.807, 2.05) is 42.5 Å². The van der Waals surface area contributed by atoms with E-state index in [2.05, 4.69) is 5.32 Å². The van der Waals surface area contributed by atoms with Crippen LogP contribution in [0, 0.1) is 5.92 Å². The molecule has 7 heteroatoms. The van der Waals surface area contributed by atoms with Crippen LogP contribution in [0.15, 0.2) is 60.7 Å². The number of rotatable bonds is 3. The molecule has 3 aromatic rings. The third-order valence-corrected chi connectivity index (χ3v) is 7.98. The van der Waals surface area contributed by atoms with E-state index in [1.165, 1.54) is 7.05 Å². The zero-order valence-electron chi connectivity index (χ0n) is 20.1. The van der Waals surface area contributed by atoms with Crippen LogP contribution >= 0.6 is 0 Å². The molecule has 1 aliphatic carbocycles. The van der Waals surface area contributed by atoms with Crippen LogP contribution in [-0.2, 0) is 4.79 Å². The Labute approximate surface area is 209 Å². The zero-order valence-corrected chi connectivity index (χ0v) is 20.1. The number of carbonyl (C=O) groups is 4. The van der Waals surface area contributed by atoms with E-state index < -0.39 is 6.04 Å². The third kappa shape index (κ3) is 3.58. The van der Waals surface area contributed by atoms with Crippen LogP contribution in [0.4, 0.5) is 5.69 Å². The van der Waals surface area contributed by atoms with Crippen molar-refractivity contribution in [3.05, 3.63) is 77.4 Å². The van der Waals surface area contributed by atoms with Crippen molar-refractivity contribution in [3.8, 4) is 0 Å². The first-order valence-electron chi connectivity index (χ1n) is 12.5. The minimum atomic E-state index is -0.592. The van der Waals surface area contributed by atoms with Crippen LogP contribution in [0.1, 0.15) is 63.2 Å². The zero-order chi connectivity index (χ0) is 25.0. The second-order valence-corrected chi connectivity index (χ2v) is 10.1. The summed E-state index contributed by atoms with van der Waals surface area (Å²) >= 11 is 0. The molecular formula is C29H27N3O4. The number of benzene rings is 3. The monoisotopic (exact) mass is 481 g/mol.